The fourth-order valence-corrected chi connectivity index (χ4v) is 3.15. The van der Waals surface area contributed by atoms with Gasteiger partial charge in [-0.05, 0) is 54.5 Å². The highest BCUT2D eigenvalue weighted by Gasteiger charge is 2.18. The second-order valence-electron chi connectivity index (χ2n) is 5.83. The normalized spacial score (nSPS) is 24.2. The second-order valence-corrected chi connectivity index (χ2v) is 5.83. The van der Waals surface area contributed by atoms with Crippen molar-refractivity contribution >= 4 is 5.69 Å². The minimum absolute atomic E-state index is 0.679. The van der Waals surface area contributed by atoms with E-state index in [1.807, 2.05) is 6.20 Å². The maximum atomic E-state index is 3.98. The first-order chi connectivity index (χ1) is 9.69. The highest BCUT2D eigenvalue weighted by atomic mass is 15.1. The zero-order valence-corrected chi connectivity index (χ0v) is 13.1. The summed E-state index contributed by atoms with van der Waals surface area (Å²) < 4.78 is 0. The van der Waals surface area contributed by atoms with Crippen molar-refractivity contribution in [2.75, 3.05) is 11.4 Å². The molecule has 0 N–H and O–H groups in total. The summed E-state index contributed by atoms with van der Waals surface area (Å²) in [6.07, 6.45) is 10.1. The number of nitrogens with zero attached hydrogens (tertiary/aromatic N) is 1. The molecule has 2 atom stereocenters. The topological polar surface area (TPSA) is 3.24 Å². The molecule has 0 saturated carbocycles. The highest BCUT2D eigenvalue weighted by Crippen LogP contribution is 2.30. The van der Waals surface area contributed by atoms with E-state index in [1.54, 1.807) is 0 Å². The Morgan fingerprint density at radius 3 is 2.80 bits per heavy atom. The average molecular weight is 269 g/mol. The third-order valence-corrected chi connectivity index (χ3v) is 4.51. The van der Waals surface area contributed by atoms with Crippen molar-refractivity contribution < 1.29 is 0 Å². The van der Waals surface area contributed by atoms with Crippen molar-refractivity contribution in [3.05, 3.63) is 54.3 Å². The fourth-order valence-electron chi connectivity index (χ4n) is 3.15. The van der Waals surface area contributed by atoms with Crippen LogP contribution in [0.3, 0.4) is 0 Å². The molecule has 0 fully saturated rings. The quantitative estimate of drug-likeness (QED) is 0.700. The Kier molecular flexibility index (Phi) is 5.05. The van der Waals surface area contributed by atoms with Gasteiger partial charge in [0, 0.05) is 12.2 Å². The fraction of sp³-hybridized carbons (Fsp3) is 0.474. The molecule has 1 aliphatic heterocycles. The summed E-state index contributed by atoms with van der Waals surface area (Å²) in [4.78, 5) is 2.26. The van der Waals surface area contributed by atoms with E-state index in [1.165, 1.54) is 23.2 Å². The zero-order valence-electron chi connectivity index (χ0n) is 13.1. The lowest BCUT2D eigenvalue weighted by Crippen LogP contribution is -2.17. The molecule has 2 unspecified atom stereocenters. The number of allylic oxidation sites excluding steroid dienone is 1. The molecular formula is C19H27N. The Labute approximate surface area is 124 Å². The van der Waals surface area contributed by atoms with E-state index < -0.39 is 0 Å². The molecule has 0 aliphatic carbocycles. The van der Waals surface area contributed by atoms with Gasteiger partial charge in [0.15, 0.2) is 0 Å². The smallest absolute Gasteiger partial charge is 0.0441 e. The van der Waals surface area contributed by atoms with E-state index in [0.717, 1.165) is 19.4 Å². The molecule has 1 aromatic rings. The molecule has 1 aromatic carbocycles. The van der Waals surface area contributed by atoms with Gasteiger partial charge in [0.05, 0.1) is 0 Å². The molecule has 1 nitrogen and oxygen atoms in total. The third-order valence-electron chi connectivity index (χ3n) is 4.51. The average Bonchev–Trinajstić information content (AvgIpc) is 2.53. The van der Waals surface area contributed by atoms with Gasteiger partial charge in [0.2, 0.25) is 0 Å². The lowest BCUT2D eigenvalue weighted by atomic mass is 9.85. The van der Waals surface area contributed by atoms with Crippen LogP contribution < -0.4 is 4.90 Å². The van der Waals surface area contributed by atoms with Crippen LogP contribution in [0, 0.1) is 11.8 Å². The van der Waals surface area contributed by atoms with Crippen molar-refractivity contribution in [2.24, 2.45) is 11.8 Å². The van der Waals surface area contributed by atoms with Crippen LogP contribution in [0.15, 0.2) is 43.1 Å². The number of fused-ring (bicyclic) bond motifs is 1. The standard InChI is InChI=1S/C19H27N/c1-5-16-10-11-19-18(14-16)13-15(4)17(6-2)9-8-12-20(19)7-3/h7-11,14-15,17H,3,5-6,12-13H2,1-2,4H3/b9-8-. The SMILES string of the molecule is C=CN1C/C=C\C(CC)C(C)Cc2cc(CC)ccc21. The van der Waals surface area contributed by atoms with Gasteiger partial charge in [0.1, 0.15) is 0 Å². The van der Waals surface area contributed by atoms with Crippen molar-refractivity contribution in [2.45, 2.75) is 40.0 Å². The zero-order chi connectivity index (χ0) is 14.5. The second kappa shape index (κ2) is 6.78. The number of hydrogen-bond acceptors (Lipinski definition) is 1. The Morgan fingerprint density at radius 1 is 1.35 bits per heavy atom. The lowest BCUT2D eigenvalue weighted by molar-refractivity contribution is 0.416. The van der Waals surface area contributed by atoms with Gasteiger partial charge in [-0.1, -0.05) is 51.6 Å². The van der Waals surface area contributed by atoms with E-state index in [9.17, 15) is 0 Å². The number of hydrogen-bond donors (Lipinski definition) is 0. The number of aryl methyl sites for hydroxylation is 1. The summed E-state index contributed by atoms with van der Waals surface area (Å²) in [7, 11) is 0. The molecule has 2 rings (SSSR count). The summed E-state index contributed by atoms with van der Waals surface area (Å²) in [5.41, 5.74) is 4.23. The molecule has 108 valence electrons. The van der Waals surface area contributed by atoms with Gasteiger partial charge < -0.3 is 4.90 Å². The van der Waals surface area contributed by atoms with E-state index in [0.29, 0.717) is 11.8 Å². The molecule has 0 amide bonds. The predicted molar refractivity (Wildman–Crippen MR) is 89.2 cm³/mol. The Balaban J connectivity index is 2.43. The van der Waals surface area contributed by atoms with Crippen LogP contribution in [-0.2, 0) is 12.8 Å². The van der Waals surface area contributed by atoms with Crippen molar-refractivity contribution in [3.8, 4) is 0 Å². The molecule has 0 radical (unpaired) electrons. The number of rotatable bonds is 3. The van der Waals surface area contributed by atoms with E-state index in [-0.39, 0.29) is 0 Å². The van der Waals surface area contributed by atoms with Crippen LogP contribution in [-0.4, -0.2) is 6.54 Å². The Bertz CT molecular complexity index is 487. The highest BCUT2D eigenvalue weighted by molar-refractivity contribution is 5.58. The number of anilines is 1. The van der Waals surface area contributed by atoms with Gasteiger partial charge in [-0.15, -0.1) is 0 Å². The van der Waals surface area contributed by atoms with Crippen LogP contribution in [0.5, 0.6) is 0 Å². The molecule has 1 aliphatic rings. The van der Waals surface area contributed by atoms with E-state index in [2.05, 4.69) is 62.6 Å². The molecular weight excluding hydrogens is 242 g/mol. The van der Waals surface area contributed by atoms with Gasteiger partial charge in [-0.25, -0.2) is 0 Å². The molecule has 0 saturated heterocycles. The molecule has 0 spiro atoms. The van der Waals surface area contributed by atoms with Gasteiger partial charge >= 0.3 is 0 Å². The minimum Gasteiger partial charge on any atom is -0.345 e. The first kappa shape index (κ1) is 14.9. The maximum absolute atomic E-state index is 3.98. The monoisotopic (exact) mass is 269 g/mol. The first-order valence-electron chi connectivity index (χ1n) is 7.87. The van der Waals surface area contributed by atoms with E-state index in [4.69, 9.17) is 0 Å². The number of benzene rings is 1. The maximum Gasteiger partial charge on any atom is 0.0441 e. The largest absolute Gasteiger partial charge is 0.345 e. The van der Waals surface area contributed by atoms with Gasteiger partial charge in [-0.3, -0.25) is 0 Å². The summed E-state index contributed by atoms with van der Waals surface area (Å²) in [6.45, 7) is 11.8. The van der Waals surface area contributed by atoms with Crippen LogP contribution >= 0.6 is 0 Å². The summed E-state index contributed by atoms with van der Waals surface area (Å²) in [5, 5.41) is 0. The Hall–Kier alpha value is -1.50. The van der Waals surface area contributed by atoms with Crippen LogP contribution in [0.4, 0.5) is 5.69 Å². The summed E-state index contributed by atoms with van der Waals surface area (Å²) in [6, 6.07) is 6.90. The molecule has 20 heavy (non-hydrogen) atoms. The molecule has 1 heterocycles. The van der Waals surface area contributed by atoms with Gasteiger partial charge in [0.25, 0.3) is 0 Å². The molecule has 1 heteroatoms. The van der Waals surface area contributed by atoms with Crippen molar-refractivity contribution in [1.82, 2.24) is 0 Å². The minimum atomic E-state index is 0.679. The first-order valence-corrected chi connectivity index (χ1v) is 7.87. The predicted octanol–water partition coefficient (Wildman–Crippen LogP) is 4.97. The lowest BCUT2D eigenvalue weighted by Gasteiger charge is -2.24. The van der Waals surface area contributed by atoms with Crippen molar-refractivity contribution in [3.63, 3.8) is 0 Å². The molecule has 0 aromatic heterocycles. The molecule has 0 bridgehead atoms. The van der Waals surface area contributed by atoms with Crippen LogP contribution in [0.1, 0.15) is 38.3 Å². The van der Waals surface area contributed by atoms with Crippen LogP contribution in [0.25, 0.3) is 0 Å². The third kappa shape index (κ3) is 3.15. The van der Waals surface area contributed by atoms with Crippen molar-refractivity contribution in [1.29, 1.82) is 0 Å². The summed E-state index contributed by atoms with van der Waals surface area (Å²) in [5.74, 6) is 1.37. The van der Waals surface area contributed by atoms with E-state index >= 15 is 0 Å². The van der Waals surface area contributed by atoms with Crippen LogP contribution in [0.2, 0.25) is 0 Å². The Morgan fingerprint density at radius 2 is 2.15 bits per heavy atom. The van der Waals surface area contributed by atoms with Gasteiger partial charge in [-0.2, -0.15) is 0 Å². The summed E-state index contributed by atoms with van der Waals surface area (Å²) >= 11 is 0.